The van der Waals surface area contributed by atoms with E-state index >= 15 is 0 Å². The summed E-state index contributed by atoms with van der Waals surface area (Å²) >= 11 is 0. The number of hydrogen-bond donors (Lipinski definition) is 0. The number of rotatable bonds is 12. The SMILES string of the molecule is CC(=O)OCC1O[C@@H](c2ccc(-c3ccc(C=Nc4ccccc4)c(OCc4ccccc4)c3)cc2)C(OC(C)=O)C(OC(C)=O)[C@@H]1OC(C)=O. The van der Waals surface area contributed by atoms with Crippen molar-refractivity contribution in [3.63, 3.8) is 0 Å². The molecule has 1 saturated heterocycles. The first-order valence-electron chi connectivity index (χ1n) is 16.4. The molecule has 0 bridgehead atoms. The quantitative estimate of drug-likeness (QED) is 0.0921. The van der Waals surface area contributed by atoms with E-state index in [1.54, 1.807) is 18.3 Å². The predicted molar refractivity (Wildman–Crippen MR) is 187 cm³/mol. The molecule has 4 aromatic rings. The second-order valence-electron chi connectivity index (χ2n) is 11.9. The van der Waals surface area contributed by atoms with E-state index in [-0.39, 0.29) is 6.61 Å². The van der Waals surface area contributed by atoms with Crippen molar-refractivity contribution >= 4 is 35.8 Å². The van der Waals surface area contributed by atoms with Gasteiger partial charge in [-0.3, -0.25) is 24.2 Å². The molecule has 0 radical (unpaired) electrons. The summed E-state index contributed by atoms with van der Waals surface area (Å²) in [6, 6.07) is 32.7. The van der Waals surface area contributed by atoms with Crippen LogP contribution in [0.5, 0.6) is 5.75 Å². The minimum absolute atomic E-state index is 0.307. The molecule has 0 N–H and O–H groups in total. The molecule has 51 heavy (non-hydrogen) atoms. The van der Waals surface area contributed by atoms with E-state index in [9.17, 15) is 19.2 Å². The molecule has 4 aromatic carbocycles. The molecule has 0 aliphatic carbocycles. The molecule has 0 spiro atoms. The third kappa shape index (κ3) is 10.1. The fourth-order valence-electron chi connectivity index (χ4n) is 5.70. The Balaban J connectivity index is 1.47. The van der Waals surface area contributed by atoms with Crippen LogP contribution in [0.3, 0.4) is 0 Å². The van der Waals surface area contributed by atoms with Gasteiger partial charge in [0.15, 0.2) is 18.3 Å². The van der Waals surface area contributed by atoms with Gasteiger partial charge in [0.2, 0.25) is 0 Å². The van der Waals surface area contributed by atoms with Gasteiger partial charge in [0.1, 0.15) is 31.2 Å². The monoisotopic (exact) mass is 693 g/mol. The second kappa shape index (κ2) is 17.2. The van der Waals surface area contributed by atoms with Crippen molar-refractivity contribution < 1.29 is 47.6 Å². The maximum Gasteiger partial charge on any atom is 0.303 e. The molecule has 0 aromatic heterocycles. The Morgan fingerprint density at radius 2 is 1.25 bits per heavy atom. The first kappa shape index (κ1) is 36.5. The molecule has 3 unspecified atom stereocenters. The molecule has 1 aliphatic heterocycles. The van der Waals surface area contributed by atoms with Gasteiger partial charge in [-0.2, -0.15) is 0 Å². The first-order valence-corrected chi connectivity index (χ1v) is 16.4. The molecule has 1 fully saturated rings. The molecule has 5 atom stereocenters. The van der Waals surface area contributed by atoms with Crippen molar-refractivity contribution in [3.8, 4) is 16.9 Å². The van der Waals surface area contributed by atoms with Crippen LogP contribution in [0.25, 0.3) is 11.1 Å². The lowest BCUT2D eigenvalue weighted by atomic mass is 9.89. The molecule has 11 heteroatoms. The average molecular weight is 694 g/mol. The Morgan fingerprint density at radius 1 is 0.667 bits per heavy atom. The van der Waals surface area contributed by atoms with Crippen LogP contribution in [0.2, 0.25) is 0 Å². The maximum atomic E-state index is 12.3. The van der Waals surface area contributed by atoms with Gasteiger partial charge in [0, 0.05) is 39.5 Å². The van der Waals surface area contributed by atoms with Crippen molar-refractivity contribution in [1.82, 2.24) is 0 Å². The summed E-state index contributed by atoms with van der Waals surface area (Å²) in [4.78, 5) is 53.0. The second-order valence-corrected chi connectivity index (χ2v) is 11.9. The Labute approximate surface area is 296 Å². The van der Waals surface area contributed by atoms with E-state index in [0.29, 0.717) is 17.9 Å². The van der Waals surface area contributed by atoms with Crippen LogP contribution in [-0.4, -0.2) is 61.1 Å². The van der Waals surface area contributed by atoms with Crippen LogP contribution in [0.4, 0.5) is 5.69 Å². The Kier molecular flexibility index (Phi) is 12.3. The largest absolute Gasteiger partial charge is 0.488 e. The summed E-state index contributed by atoms with van der Waals surface area (Å²) in [5.74, 6) is -2.00. The Bertz CT molecular complexity index is 1840. The fraction of sp³-hybridized carbons (Fsp3) is 0.275. The lowest BCUT2D eigenvalue weighted by Gasteiger charge is -2.44. The smallest absolute Gasteiger partial charge is 0.303 e. The van der Waals surface area contributed by atoms with E-state index in [0.717, 1.165) is 27.9 Å². The van der Waals surface area contributed by atoms with Crippen molar-refractivity contribution in [2.45, 2.75) is 64.8 Å². The minimum Gasteiger partial charge on any atom is -0.488 e. The van der Waals surface area contributed by atoms with Crippen molar-refractivity contribution in [2.75, 3.05) is 6.61 Å². The van der Waals surface area contributed by atoms with Crippen molar-refractivity contribution in [1.29, 1.82) is 0 Å². The first-order chi connectivity index (χ1) is 24.6. The summed E-state index contributed by atoms with van der Waals surface area (Å²) in [6.45, 7) is 4.86. The maximum absolute atomic E-state index is 12.3. The van der Waals surface area contributed by atoms with E-state index in [4.69, 9.17) is 28.4 Å². The predicted octanol–water partition coefficient (Wildman–Crippen LogP) is 6.48. The number of carbonyl (C=O) groups is 4. The van der Waals surface area contributed by atoms with E-state index in [2.05, 4.69) is 4.99 Å². The van der Waals surface area contributed by atoms with Crippen molar-refractivity contribution in [3.05, 3.63) is 120 Å². The highest BCUT2D eigenvalue weighted by Crippen LogP contribution is 2.38. The number of carbonyl (C=O) groups excluding carboxylic acids is 4. The number of nitrogens with zero attached hydrogens (tertiary/aromatic N) is 1. The van der Waals surface area contributed by atoms with Crippen LogP contribution < -0.4 is 4.74 Å². The van der Waals surface area contributed by atoms with Gasteiger partial charge in [-0.05, 0) is 46.5 Å². The van der Waals surface area contributed by atoms with Gasteiger partial charge in [0.05, 0.1) is 5.69 Å². The normalized spacial score (nSPS) is 19.9. The summed E-state index contributed by atoms with van der Waals surface area (Å²) in [5.41, 5.74) is 4.91. The third-order valence-corrected chi connectivity index (χ3v) is 7.92. The molecule has 11 nitrogen and oxygen atoms in total. The number of esters is 4. The lowest BCUT2D eigenvalue weighted by Crippen LogP contribution is -2.59. The highest BCUT2D eigenvalue weighted by atomic mass is 16.7. The highest BCUT2D eigenvalue weighted by molar-refractivity contribution is 5.87. The molecular formula is C40H39NO10. The molecule has 0 saturated carbocycles. The number of hydrogen-bond acceptors (Lipinski definition) is 11. The van der Waals surface area contributed by atoms with Crippen LogP contribution in [0.1, 0.15) is 50.5 Å². The van der Waals surface area contributed by atoms with Gasteiger partial charge < -0.3 is 28.4 Å². The number of para-hydroxylation sites is 1. The van der Waals surface area contributed by atoms with Gasteiger partial charge in [0.25, 0.3) is 0 Å². The van der Waals surface area contributed by atoms with Crippen LogP contribution in [0, 0.1) is 0 Å². The number of aliphatic imine (C=N–C) groups is 1. The van der Waals surface area contributed by atoms with E-state index in [1.807, 2.05) is 91.0 Å². The molecule has 1 aliphatic rings. The standard InChI is InChI=1S/C40H39NO10/c1-25(42)46-24-36-38(48-26(2)43)40(50-28(4)45)39(49-27(3)44)37(51-36)31-17-15-30(16-18-31)32-19-20-33(22-41-34-13-9-6-10-14-34)35(21-32)47-23-29-11-7-5-8-12-29/h5-22,36-40H,23-24H2,1-4H3/t36?,37-,38+,39?,40?/m0/s1. The minimum atomic E-state index is -1.26. The zero-order valence-corrected chi connectivity index (χ0v) is 28.7. The van der Waals surface area contributed by atoms with Gasteiger partial charge >= 0.3 is 23.9 Å². The topological polar surface area (TPSA) is 136 Å². The number of ether oxygens (including phenoxy) is 6. The lowest BCUT2D eigenvalue weighted by molar-refractivity contribution is -0.254. The zero-order valence-electron chi connectivity index (χ0n) is 28.7. The van der Waals surface area contributed by atoms with Crippen molar-refractivity contribution in [2.24, 2.45) is 4.99 Å². The summed E-state index contributed by atoms with van der Waals surface area (Å²) in [6.07, 6.45) is -3.95. The van der Waals surface area contributed by atoms with Crippen LogP contribution in [0.15, 0.2) is 108 Å². The number of benzene rings is 4. The third-order valence-electron chi connectivity index (χ3n) is 7.92. The van der Waals surface area contributed by atoms with Gasteiger partial charge in [-0.15, -0.1) is 0 Å². The molecule has 264 valence electrons. The highest BCUT2D eigenvalue weighted by Gasteiger charge is 2.52. The summed E-state index contributed by atoms with van der Waals surface area (Å²) in [7, 11) is 0. The summed E-state index contributed by atoms with van der Waals surface area (Å²) in [5, 5.41) is 0. The van der Waals surface area contributed by atoms with Crippen LogP contribution >= 0.6 is 0 Å². The van der Waals surface area contributed by atoms with Gasteiger partial charge in [-0.25, -0.2) is 0 Å². The Morgan fingerprint density at radius 3 is 1.88 bits per heavy atom. The average Bonchev–Trinajstić information content (AvgIpc) is 3.11. The Hall–Kier alpha value is -5.81. The van der Waals surface area contributed by atoms with Gasteiger partial charge in [-0.1, -0.05) is 78.9 Å². The summed E-state index contributed by atoms with van der Waals surface area (Å²) < 4.78 is 34.6. The molecular weight excluding hydrogens is 654 g/mol. The molecule has 0 amide bonds. The fourth-order valence-corrected chi connectivity index (χ4v) is 5.70. The van der Waals surface area contributed by atoms with Crippen LogP contribution in [-0.2, 0) is 49.5 Å². The molecule has 5 rings (SSSR count). The van der Waals surface area contributed by atoms with E-state index in [1.165, 1.54) is 27.7 Å². The zero-order chi connectivity index (χ0) is 36.3. The molecule has 1 heterocycles. The van der Waals surface area contributed by atoms with E-state index < -0.39 is 54.4 Å².